The maximum atomic E-state index is 12.0. The monoisotopic (exact) mass is 293 g/mol. The summed E-state index contributed by atoms with van der Waals surface area (Å²) in [6, 6.07) is 0.0323. The van der Waals surface area contributed by atoms with E-state index in [1.807, 2.05) is 34.6 Å². The molecule has 0 aromatic rings. The molecular weight excluding hydrogens is 274 g/mol. The van der Waals surface area contributed by atoms with Crippen molar-refractivity contribution >= 4 is 22.0 Å². The van der Waals surface area contributed by atoms with E-state index in [0.29, 0.717) is 11.9 Å². The van der Waals surface area contributed by atoms with E-state index in [-0.39, 0.29) is 12.1 Å². The van der Waals surface area contributed by atoms with Crippen molar-refractivity contribution in [1.82, 2.24) is 4.90 Å². The average molecular weight is 294 g/mol. The molecule has 1 atom stereocenters. The molecule has 0 saturated carbocycles. The van der Waals surface area contributed by atoms with Gasteiger partial charge in [0, 0.05) is 5.33 Å². The molecular formula is C11H20BrNO3. The Morgan fingerprint density at radius 2 is 2.12 bits per heavy atom. The Bertz CT molecular complexity index is 273. The number of carbonyl (C=O) groups is 1. The molecule has 1 fully saturated rings. The number of amides is 1. The molecule has 0 bridgehead atoms. The van der Waals surface area contributed by atoms with Gasteiger partial charge in [0.1, 0.15) is 11.3 Å². The van der Waals surface area contributed by atoms with Crippen molar-refractivity contribution in [3.05, 3.63) is 0 Å². The zero-order valence-electron chi connectivity index (χ0n) is 10.5. The van der Waals surface area contributed by atoms with Crippen LogP contribution in [0.15, 0.2) is 0 Å². The highest BCUT2D eigenvalue weighted by molar-refractivity contribution is 9.09. The van der Waals surface area contributed by atoms with Crippen LogP contribution in [0.2, 0.25) is 0 Å². The van der Waals surface area contributed by atoms with Crippen molar-refractivity contribution in [2.75, 3.05) is 11.9 Å². The Balaban J connectivity index is 2.79. The summed E-state index contributed by atoms with van der Waals surface area (Å²) in [6.07, 6.45) is -0.320. The van der Waals surface area contributed by atoms with Crippen molar-refractivity contribution in [3.8, 4) is 0 Å². The summed E-state index contributed by atoms with van der Waals surface area (Å²) in [4.78, 5) is 13.7. The Hall–Kier alpha value is -0.290. The van der Waals surface area contributed by atoms with Gasteiger partial charge >= 0.3 is 6.09 Å². The minimum Gasteiger partial charge on any atom is -0.444 e. The normalized spacial score (nSPS) is 24.6. The van der Waals surface area contributed by atoms with Crippen molar-refractivity contribution in [1.29, 1.82) is 0 Å². The van der Waals surface area contributed by atoms with E-state index in [2.05, 4.69) is 15.9 Å². The van der Waals surface area contributed by atoms with Crippen LogP contribution in [0.25, 0.3) is 0 Å². The third kappa shape index (κ3) is 3.10. The zero-order valence-corrected chi connectivity index (χ0v) is 12.1. The second-order valence-electron chi connectivity index (χ2n) is 5.42. The maximum Gasteiger partial charge on any atom is 0.412 e. The molecule has 0 radical (unpaired) electrons. The second-order valence-corrected chi connectivity index (χ2v) is 6.06. The molecule has 1 heterocycles. The quantitative estimate of drug-likeness (QED) is 0.698. The van der Waals surface area contributed by atoms with Crippen LogP contribution in [0.1, 0.15) is 34.6 Å². The fraction of sp³-hybridized carbons (Fsp3) is 0.909. The first-order valence-electron chi connectivity index (χ1n) is 5.39. The standard InChI is InChI=1S/C11H20BrNO3/c1-10(2,3)16-9(14)13-8(6-12)7-15-11(13,4)5/h8H,6-7H2,1-5H3/t8-/m0/s1. The van der Waals surface area contributed by atoms with Gasteiger partial charge in [-0.25, -0.2) is 4.79 Å². The van der Waals surface area contributed by atoms with Gasteiger partial charge in [-0.15, -0.1) is 0 Å². The third-order valence-electron chi connectivity index (χ3n) is 2.34. The van der Waals surface area contributed by atoms with Crippen LogP contribution in [0.4, 0.5) is 4.79 Å². The SMILES string of the molecule is CC(C)(C)OC(=O)N1[C@@H](CBr)COC1(C)C. The zero-order chi connectivity index (χ0) is 12.6. The highest BCUT2D eigenvalue weighted by Crippen LogP contribution is 2.29. The summed E-state index contributed by atoms with van der Waals surface area (Å²) < 4.78 is 11.0. The van der Waals surface area contributed by atoms with Gasteiger partial charge in [-0.05, 0) is 34.6 Å². The summed E-state index contributed by atoms with van der Waals surface area (Å²) in [5, 5.41) is 0.690. The fourth-order valence-electron chi connectivity index (χ4n) is 1.68. The molecule has 1 aliphatic rings. The van der Waals surface area contributed by atoms with E-state index in [9.17, 15) is 4.79 Å². The minimum absolute atomic E-state index is 0.0323. The molecule has 1 rings (SSSR count). The molecule has 0 N–H and O–H groups in total. The number of nitrogens with zero attached hydrogens (tertiary/aromatic N) is 1. The van der Waals surface area contributed by atoms with Gasteiger partial charge in [0.2, 0.25) is 0 Å². The van der Waals surface area contributed by atoms with Crippen LogP contribution in [0.3, 0.4) is 0 Å². The summed E-state index contributed by atoms with van der Waals surface area (Å²) in [7, 11) is 0. The van der Waals surface area contributed by atoms with Crippen molar-refractivity contribution < 1.29 is 14.3 Å². The van der Waals surface area contributed by atoms with Crippen LogP contribution in [0.5, 0.6) is 0 Å². The molecule has 0 aliphatic carbocycles. The topological polar surface area (TPSA) is 38.8 Å². The maximum absolute atomic E-state index is 12.0. The molecule has 4 nitrogen and oxygen atoms in total. The number of ether oxygens (including phenoxy) is 2. The number of halogens is 1. The number of hydrogen-bond acceptors (Lipinski definition) is 3. The number of carbonyl (C=O) groups excluding carboxylic acids is 1. The minimum atomic E-state index is -0.596. The molecule has 5 heteroatoms. The van der Waals surface area contributed by atoms with Crippen LogP contribution < -0.4 is 0 Å². The molecule has 94 valence electrons. The third-order valence-corrected chi connectivity index (χ3v) is 3.09. The highest BCUT2D eigenvalue weighted by atomic mass is 79.9. The Labute approximate surface area is 105 Å². The lowest BCUT2D eigenvalue weighted by Gasteiger charge is -2.34. The van der Waals surface area contributed by atoms with E-state index in [1.54, 1.807) is 4.90 Å². The van der Waals surface area contributed by atoms with Gasteiger partial charge in [-0.3, -0.25) is 4.90 Å². The van der Waals surface area contributed by atoms with Gasteiger partial charge < -0.3 is 9.47 Å². The molecule has 16 heavy (non-hydrogen) atoms. The van der Waals surface area contributed by atoms with E-state index in [4.69, 9.17) is 9.47 Å². The van der Waals surface area contributed by atoms with Crippen LogP contribution in [0, 0.1) is 0 Å². The first kappa shape index (κ1) is 13.8. The molecule has 1 saturated heterocycles. The molecule has 0 unspecified atom stereocenters. The van der Waals surface area contributed by atoms with Crippen molar-refractivity contribution in [2.45, 2.75) is 52.0 Å². The van der Waals surface area contributed by atoms with Gasteiger partial charge in [0.25, 0.3) is 0 Å². The summed E-state index contributed by atoms with van der Waals surface area (Å²) in [6.45, 7) is 9.87. The summed E-state index contributed by atoms with van der Waals surface area (Å²) in [5.74, 6) is 0. The Morgan fingerprint density at radius 3 is 2.56 bits per heavy atom. The number of alkyl halides is 1. The van der Waals surface area contributed by atoms with Crippen molar-refractivity contribution in [3.63, 3.8) is 0 Å². The molecule has 0 aromatic heterocycles. The lowest BCUT2D eigenvalue weighted by molar-refractivity contribution is -0.0616. The second kappa shape index (κ2) is 4.53. The fourth-order valence-corrected chi connectivity index (χ4v) is 2.15. The van der Waals surface area contributed by atoms with E-state index in [0.717, 1.165) is 0 Å². The molecule has 1 aliphatic heterocycles. The van der Waals surface area contributed by atoms with E-state index < -0.39 is 11.3 Å². The van der Waals surface area contributed by atoms with Crippen LogP contribution in [-0.4, -0.2) is 40.3 Å². The lowest BCUT2D eigenvalue weighted by atomic mass is 10.2. The predicted molar refractivity (Wildman–Crippen MR) is 65.7 cm³/mol. The van der Waals surface area contributed by atoms with Crippen molar-refractivity contribution in [2.24, 2.45) is 0 Å². The summed E-state index contributed by atoms with van der Waals surface area (Å²) in [5.41, 5.74) is -1.08. The first-order chi connectivity index (χ1) is 7.17. The number of rotatable bonds is 1. The molecule has 1 amide bonds. The predicted octanol–water partition coefficient (Wildman–Crippen LogP) is 2.75. The first-order valence-corrected chi connectivity index (χ1v) is 6.52. The van der Waals surface area contributed by atoms with E-state index in [1.165, 1.54) is 0 Å². The van der Waals surface area contributed by atoms with E-state index >= 15 is 0 Å². The summed E-state index contributed by atoms with van der Waals surface area (Å²) >= 11 is 3.39. The Morgan fingerprint density at radius 1 is 1.56 bits per heavy atom. The van der Waals surface area contributed by atoms with Crippen LogP contribution in [-0.2, 0) is 9.47 Å². The molecule has 0 spiro atoms. The lowest BCUT2D eigenvalue weighted by Crippen LogP contribution is -2.50. The highest BCUT2D eigenvalue weighted by Gasteiger charge is 2.45. The van der Waals surface area contributed by atoms with Gasteiger partial charge in [0.05, 0.1) is 12.6 Å². The number of hydrogen-bond donors (Lipinski definition) is 0. The van der Waals surface area contributed by atoms with Gasteiger partial charge in [0.15, 0.2) is 0 Å². The van der Waals surface area contributed by atoms with Gasteiger partial charge in [-0.2, -0.15) is 0 Å². The Kier molecular flexibility index (Phi) is 3.90. The van der Waals surface area contributed by atoms with Crippen LogP contribution >= 0.6 is 15.9 Å². The van der Waals surface area contributed by atoms with Gasteiger partial charge in [-0.1, -0.05) is 15.9 Å². The average Bonchev–Trinajstić information content (AvgIpc) is 2.37. The molecule has 0 aromatic carbocycles. The largest absolute Gasteiger partial charge is 0.444 e. The smallest absolute Gasteiger partial charge is 0.412 e.